The molecule has 0 saturated heterocycles. The highest BCUT2D eigenvalue weighted by Gasteiger charge is 2.43. The Bertz CT molecular complexity index is 655. The standard InChI is InChI=1S/C12H8F2N2O2S/c13-12(14)17-9-4-2-7(5-10(9)18-12)1-3-8-6-19-11(15)16-8/h1-6H,(H2,15,16). The van der Waals surface area contributed by atoms with Gasteiger partial charge in [-0.2, -0.15) is 0 Å². The quantitative estimate of drug-likeness (QED) is 0.918. The zero-order valence-electron chi connectivity index (χ0n) is 9.47. The summed E-state index contributed by atoms with van der Waals surface area (Å²) >= 11 is 1.33. The summed E-state index contributed by atoms with van der Waals surface area (Å²) in [4.78, 5) is 4.05. The second kappa shape index (κ2) is 4.20. The molecule has 0 unspecified atom stereocenters. The minimum atomic E-state index is -3.59. The van der Waals surface area contributed by atoms with E-state index in [-0.39, 0.29) is 11.5 Å². The number of halogens is 2. The van der Waals surface area contributed by atoms with Gasteiger partial charge in [0, 0.05) is 5.38 Å². The van der Waals surface area contributed by atoms with Crippen LogP contribution in [0.1, 0.15) is 11.3 Å². The summed E-state index contributed by atoms with van der Waals surface area (Å²) in [7, 11) is 0. The molecule has 0 fully saturated rings. The first-order chi connectivity index (χ1) is 9.02. The third-order valence-corrected chi connectivity index (χ3v) is 3.10. The van der Waals surface area contributed by atoms with E-state index >= 15 is 0 Å². The number of hydrogen-bond donors (Lipinski definition) is 1. The Hall–Kier alpha value is -2.15. The van der Waals surface area contributed by atoms with Gasteiger partial charge in [-0.25, -0.2) is 4.98 Å². The van der Waals surface area contributed by atoms with E-state index in [1.54, 1.807) is 23.6 Å². The Morgan fingerprint density at radius 3 is 2.74 bits per heavy atom. The van der Waals surface area contributed by atoms with Crippen LogP contribution in [0.5, 0.6) is 11.5 Å². The van der Waals surface area contributed by atoms with Crippen molar-refractivity contribution >= 4 is 28.6 Å². The number of rotatable bonds is 2. The third kappa shape index (κ3) is 2.50. The van der Waals surface area contributed by atoms with Gasteiger partial charge in [0.15, 0.2) is 16.6 Å². The number of anilines is 1. The van der Waals surface area contributed by atoms with Gasteiger partial charge in [0.1, 0.15) is 0 Å². The zero-order chi connectivity index (χ0) is 13.5. The van der Waals surface area contributed by atoms with Crippen LogP contribution in [0.25, 0.3) is 12.2 Å². The number of hydrogen-bond acceptors (Lipinski definition) is 5. The molecule has 0 aliphatic carbocycles. The van der Waals surface area contributed by atoms with Gasteiger partial charge in [-0.15, -0.1) is 20.1 Å². The smallest absolute Gasteiger partial charge is 0.395 e. The third-order valence-electron chi connectivity index (χ3n) is 2.41. The fourth-order valence-corrected chi connectivity index (χ4v) is 2.16. The molecule has 0 radical (unpaired) electrons. The number of benzene rings is 1. The zero-order valence-corrected chi connectivity index (χ0v) is 10.3. The molecule has 1 aliphatic heterocycles. The lowest BCUT2D eigenvalue weighted by atomic mass is 10.2. The highest BCUT2D eigenvalue weighted by molar-refractivity contribution is 7.13. The van der Waals surface area contributed by atoms with Crippen LogP contribution in [0.2, 0.25) is 0 Å². The number of ether oxygens (including phenoxy) is 2. The molecule has 2 heterocycles. The van der Waals surface area contributed by atoms with E-state index in [1.165, 1.54) is 23.5 Å². The number of aromatic nitrogens is 1. The van der Waals surface area contributed by atoms with Crippen LogP contribution in [0, 0.1) is 0 Å². The SMILES string of the molecule is Nc1nc(C=Cc2ccc3c(c2)OC(F)(F)O3)cs1. The summed E-state index contributed by atoms with van der Waals surface area (Å²) in [5, 5.41) is 2.28. The first kappa shape index (κ1) is 11.9. The average molecular weight is 282 g/mol. The van der Waals surface area contributed by atoms with Gasteiger partial charge < -0.3 is 15.2 Å². The van der Waals surface area contributed by atoms with E-state index < -0.39 is 6.29 Å². The van der Waals surface area contributed by atoms with Crippen LogP contribution in [0.3, 0.4) is 0 Å². The molecular formula is C12H8F2N2O2S. The molecule has 3 rings (SSSR count). The van der Waals surface area contributed by atoms with E-state index in [1.807, 2.05) is 0 Å². The topological polar surface area (TPSA) is 57.4 Å². The number of thiazole rings is 1. The van der Waals surface area contributed by atoms with Gasteiger partial charge in [0.2, 0.25) is 0 Å². The van der Waals surface area contributed by atoms with Gasteiger partial charge in [-0.05, 0) is 23.8 Å². The van der Waals surface area contributed by atoms with Crippen molar-refractivity contribution in [2.75, 3.05) is 5.73 Å². The van der Waals surface area contributed by atoms with Crippen LogP contribution in [-0.2, 0) is 0 Å². The predicted octanol–water partition coefficient (Wildman–Crippen LogP) is 3.22. The Labute approximate surface area is 111 Å². The van der Waals surface area contributed by atoms with E-state index in [2.05, 4.69) is 14.5 Å². The molecule has 1 aliphatic rings. The summed E-state index contributed by atoms with van der Waals surface area (Å²) in [6.07, 6.45) is -0.120. The fourth-order valence-electron chi connectivity index (χ4n) is 1.63. The second-order valence-corrected chi connectivity index (χ2v) is 4.71. The molecule has 2 N–H and O–H groups in total. The summed E-state index contributed by atoms with van der Waals surface area (Å²) < 4.78 is 34.4. The van der Waals surface area contributed by atoms with Crippen molar-refractivity contribution in [3.8, 4) is 11.5 Å². The minimum absolute atomic E-state index is 0.0185. The van der Waals surface area contributed by atoms with Gasteiger partial charge in [0.25, 0.3) is 0 Å². The maximum absolute atomic E-state index is 12.8. The van der Waals surface area contributed by atoms with E-state index in [4.69, 9.17) is 5.73 Å². The molecule has 19 heavy (non-hydrogen) atoms. The van der Waals surface area contributed by atoms with Crippen LogP contribution >= 0.6 is 11.3 Å². The lowest BCUT2D eigenvalue weighted by Crippen LogP contribution is -2.25. The lowest BCUT2D eigenvalue weighted by molar-refractivity contribution is -0.286. The Morgan fingerprint density at radius 2 is 2.00 bits per heavy atom. The van der Waals surface area contributed by atoms with Crippen molar-refractivity contribution in [3.63, 3.8) is 0 Å². The van der Waals surface area contributed by atoms with Crippen LogP contribution in [0.15, 0.2) is 23.6 Å². The molecule has 2 aromatic rings. The van der Waals surface area contributed by atoms with Gasteiger partial charge in [-0.3, -0.25) is 0 Å². The minimum Gasteiger partial charge on any atom is -0.395 e. The molecule has 0 atom stereocenters. The van der Waals surface area contributed by atoms with Gasteiger partial charge >= 0.3 is 6.29 Å². The highest BCUT2D eigenvalue weighted by Crippen LogP contribution is 2.41. The molecule has 0 spiro atoms. The molecule has 0 saturated carbocycles. The van der Waals surface area contributed by atoms with E-state index in [0.29, 0.717) is 16.4 Å². The van der Waals surface area contributed by atoms with Crippen molar-refractivity contribution < 1.29 is 18.3 Å². The van der Waals surface area contributed by atoms with Crippen molar-refractivity contribution in [2.24, 2.45) is 0 Å². The molecule has 0 bridgehead atoms. The first-order valence-corrected chi connectivity index (χ1v) is 6.19. The predicted molar refractivity (Wildman–Crippen MR) is 68.1 cm³/mol. The van der Waals surface area contributed by atoms with Crippen molar-refractivity contribution in [1.29, 1.82) is 0 Å². The lowest BCUT2D eigenvalue weighted by Gasteiger charge is -2.04. The number of nitrogen functional groups attached to an aromatic ring is 1. The number of fused-ring (bicyclic) bond motifs is 1. The first-order valence-electron chi connectivity index (χ1n) is 5.31. The van der Waals surface area contributed by atoms with Gasteiger partial charge in [0.05, 0.1) is 5.69 Å². The summed E-state index contributed by atoms with van der Waals surface area (Å²) in [5.41, 5.74) is 6.92. The van der Waals surface area contributed by atoms with Crippen LogP contribution in [0.4, 0.5) is 13.9 Å². The Kier molecular flexibility index (Phi) is 2.63. The Morgan fingerprint density at radius 1 is 1.21 bits per heavy atom. The molecule has 98 valence electrons. The average Bonchev–Trinajstić information content (AvgIpc) is 2.87. The monoisotopic (exact) mass is 282 g/mol. The number of alkyl halides is 2. The fraction of sp³-hybridized carbons (Fsp3) is 0.0833. The number of nitrogens with two attached hydrogens (primary N) is 1. The molecule has 0 amide bonds. The molecule has 7 heteroatoms. The second-order valence-electron chi connectivity index (χ2n) is 3.82. The Balaban J connectivity index is 1.82. The van der Waals surface area contributed by atoms with Crippen LogP contribution in [-0.4, -0.2) is 11.3 Å². The highest BCUT2D eigenvalue weighted by atomic mass is 32.1. The van der Waals surface area contributed by atoms with Crippen LogP contribution < -0.4 is 15.2 Å². The molecule has 1 aromatic carbocycles. The van der Waals surface area contributed by atoms with Gasteiger partial charge in [-0.1, -0.05) is 12.1 Å². The largest absolute Gasteiger partial charge is 0.586 e. The molecule has 1 aromatic heterocycles. The van der Waals surface area contributed by atoms with E-state index in [0.717, 1.165) is 0 Å². The number of nitrogens with zero attached hydrogens (tertiary/aromatic N) is 1. The summed E-state index contributed by atoms with van der Waals surface area (Å²) in [5.74, 6) is 0.0463. The normalized spacial score (nSPS) is 16.1. The van der Waals surface area contributed by atoms with Crippen molar-refractivity contribution in [2.45, 2.75) is 6.29 Å². The van der Waals surface area contributed by atoms with Crippen molar-refractivity contribution in [3.05, 3.63) is 34.8 Å². The molecule has 4 nitrogen and oxygen atoms in total. The van der Waals surface area contributed by atoms with Crippen molar-refractivity contribution in [1.82, 2.24) is 4.98 Å². The molecular weight excluding hydrogens is 274 g/mol. The summed E-state index contributed by atoms with van der Waals surface area (Å²) in [6.45, 7) is 0. The summed E-state index contributed by atoms with van der Waals surface area (Å²) in [6, 6.07) is 4.56. The van der Waals surface area contributed by atoms with E-state index in [9.17, 15) is 8.78 Å². The maximum Gasteiger partial charge on any atom is 0.586 e. The maximum atomic E-state index is 12.8.